The topological polar surface area (TPSA) is 87.5 Å². The van der Waals surface area contributed by atoms with Crippen molar-refractivity contribution in [2.24, 2.45) is 0 Å². The maximum Gasteiger partial charge on any atom is 0.287 e. The molecule has 5 rings (SSSR count). The minimum Gasteiger partial charge on any atom is -0.448 e. The number of carbonyl (C=O) groups is 2. The maximum absolute atomic E-state index is 12.7. The van der Waals surface area contributed by atoms with Crippen molar-refractivity contribution in [1.82, 2.24) is 15.2 Å². The van der Waals surface area contributed by atoms with Gasteiger partial charge in [-0.1, -0.05) is 30.3 Å². The van der Waals surface area contributed by atoms with Crippen LogP contribution in [-0.2, 0) is 4.79 Å². The van der Waals surface area contributed by atoms with Gasteiger partial charge in [0.25, 0.3) is 5.91 Å². The molecule has 0 bridgehead atoms. The van der Waals surface area contributed by atoms with E-state index in [2.05, 4.69) is 20.5 Å². The van der Waals surface area contributed by atoms with Gasteiger partial charge in [-0.15, -0.1) is 11.3 Å². The Labute approximate surface area is 195 Å². The van der Waals surface area contributed by atoms with E-state index in [1.165, 1.54) is 0 Å². The summed E-state index contributed by atoms with van der Waals surface area (Å²) in [7, 11) is 0. The smallest absolute Gasteiger partial charge is 0.287 e. The lowest BCUT2D eigenvalue weighted by atomic mass is 10.0. The molecule has 8 heteroatoms. The third-order valence-electron chi connectivity index (χ3n) is 5.68. The van der Waals surface area contributed by atoms with Crippen molar-refractivity contribution in [3.8, 4) is 10.8 Å². The van der Waals surface area contributed by atoms with Crippen LogP contribution < -0.4 is 10.6 Å². The van der Waals surface area contributed by atoms with E-state index in [4.69, 9.17) is 4.42 Å². The predicted octanol–water partition coefficient (Wildman–Crippen LogP) is 4.39. The number of carbonyl (C=O) groups excluding carboxylic acids is 2. The fourth-order valence-electron chi connectivity index (χ4n) is 3.97. The van der Waals surface area contributed by atoms with Crippen molar-refractivity contribution in [3.63, 3.8) is 0 Å². The first-order valence-electron chi connectivity index (χ1n) is 11.0. The minimum atomic E-state index is -0.220. The van der Waals surface area contributed by atoms with Gasteiger partial charge in [0, 0.05) is 24.8 Å². The summed E-state index contributed by atoms with van der Waals surface area (Å²) in [5.74, 6) is 0.638. The second-order valence-electron chi connectivity index (χ2n) is 8.09. The summed E-state index contributed by atoms with van der Waals surface area (Å²) in [5, 5.41) is 6.74. The zero-order valence-electron chi connectivity index (χ0n) is 18.0. The van der Waals surface area contributed by atoms with Gasteiger partial charge >= 0.3 is 0 Å². The standard InChI is InChI=1S/C25H24N4O3S/c30-23(26-17-6-2-1-3-7-17)16-29-14-12-18(13-15-29)27-24(31)20-10-11-21(32-20)25-28-19-8-4-5-9-22(19)33-25/h1-11,18H,12-16H2,(H,26,30)(H,27,31). The van der Waals surface area contributed by atoms with Gasteiger partial charge in [0.05, 0.1) is 16.8 Å². The number of piperidine rings is 1. The van der Waals surface area contributed by atoms with E-state index < -0.39 is 0 Å². The van der Waals surface area contributed by atoms with Crippen LogP contribution in [0.2, 0.25) is 0 Å². The van der Waals surface area contributed by atoms with E-state index in [0.717, 1.165) is 46.8 Å². The van der Waals surface area contributed by atoms with Crippen LogP contribution in [-0.4, -0.2) is 47.4 Å². The molecule has 7 nitrogen and oxygen atoms in total. The van der Waals surface area contributed by atoms with Crippen molar-refractivity contribution in [2.75, 3.05) is 25.0 Å². The van der Waals surface area contributed by atoms with E-state index in [-0.39, 0.29) is 23.6 Å². The predicted molar refractivity (Wildman–Crippen MR) is 129 cm³/mol. The molecule has 1 aliphatic rings. The molecule has 2 amide bonds. The number of hydrogen-bond acceptors (Lipinski definition) is 6. The molecule has 2 N–H and O–H groups in total. The number of likely N-dealkylation sites (tertiary alicyclic amines) is 1. The molecule has 33 heavy (non-hydrogen) atoms. The molecule has 0 spiro atoms. The highest BCUT2D eigenvalue weighted by atomic mass is 32.1. The van der Waals surface area contributed by atoms with Crippen LogP contribution in [0.25, 0.3) is 21.0 Å². The van der Waals surface area contributed by atoms with Crippen molar-refractivity contribution in [3.05, 3.63) is 72.5 Å². The van der Waals surface area contributed by atoms with Gasteiger partial charge in [-0.2, -0.15) is 0 Å². The van der Waals surface area contributed by atoms with Crippen LogP contribution in [0.5, 0.6) is 0 Å². The van der Waals surface area contributed by atoms with Crippen LogP contribution in [0, 0.1) is 0 Å². The van der Waals surface area contributed by atoms with Gasteiger partial charge in [0.2, 0.25) is 5.91 Å². The molecule has 4 aromatic rings. The van der Waals surface area contributed by atoms with Crippen LogP contribution in [0.3, 0.4) is 0 Å². The first kappa shape index (κ1) is 21.4. The summed E-state index contributed by atoms with van der Waals surface area (Å²) in [6, 6.07) is 20.9. The highest BCUT2D eigenvalue weighted by Crippen LogP contribution is 2.31. The molecule has 2 aromatic carbocycles. The number of nitrogens with one attached hydrogen (secondary N) is 2. The molecule has 1 saturated heterocycles. The summed E-state index contributed by atoms with van der Waals surface area (Å²) in [5.41, 5.74) is 1.72. The highest BCUT2D eigenvalue weighted by Gasteiger charge is 2.24. The molecule has 0 radical (unpaired) electrons. The SMILES string of the molecule is O=C(CN1CCC(NC(=O)c2ccc(-c3nc4ccccc4s3)o2)CC1)Nc1ccccc1. The van der Waals surface area contributed by atoms with Crippen molar-refractivity contribution in [1.29, 1.82) is 0 Å². The van der Waals surface area contributed by atoms with Gasteiger partial charge in [-0.3, -0.25) is 14.5 Å². The highest BCUT2D eigenvalue weighted by molar-refractivity contribution is 7.21. The molecular weight excluding hydrogens is 436 g/mol. The fraction of sp³-hybridized carbons (Fsp3) is 0.240. The second-order valence-corrected chi connectivity index (χ2v) is 9.12. The average Bonchev–Trinajstić information content (AvgIpc) is 3.48. The molecule has 168 valence electrons. The first-order chi connectivity index (χ1) is 16.1. The average molecular weight is 461 g/mol. The van der Waals surface area contributed by atoms with E-state index in [1.54, 1.807) is 23.5 Å². The monoisotopic (exact) mass is 460 g/mol. The molecule has 3 heterocycles. The van der Waals surface area contributed by atoms with Gasteiger partial charge in [0.15, 0.2) is 16.5 Å². The lowest BCUT2D eigenvalue weighted by molar-refractivity contribution is -0.117. The normalized spacial score (nSPS) is 14.9. The van der Waals surface area contributed by atoms with Gasteiger partial charge in [0.1, 0.15) is 0 Å². The first-order valence-corrected chi connectivity index (χ1v) is 11.8. The molecule has 0 saturated carbocycles. The molecule has 0 unspecified atom stereocenters. The van der Waals surface area contributed by atoms with E-state index in [0.29, 0.717) is 12.3 Å². The van der Waals surface area contributed by atoms with E-state index >= 15 is 0 Å². The molecule has 0 atom stereocenters. The largest absolute Gasteiger partial charge is 0.448 e. The minimum absolute atomic E-state index is 0.0263. The Hall–Kier alpha value is -3.49. The Morgan fingerprint density at radius 1 is 1.00 bits per heavy atom. The van der Waals surface area contributed by atoms with Gasteiger partial charge in [-0.25, -0.2) is 4.98 Å². The zero-order chi connectivity index (χ0) is 22.6. The summed E-state index contributed by atoms with van der Waals surface area (Å²) in [6.07, 6.45) is 1.57. The lowest BCUT2D eigenvalue weighted by Gasteiger charge is -2.31. The quantitative estimate of drug-likeness (QED) is 0.446. The van der Waals surface area contributed by atoms with Gasteiger partial charge < -0.3 is 15.1 Å². The Balaban J connectivity index is 1.11. The third-order valence-corrected chi connectivity index (χ3v) is 6.73. The second kappa shape index (κ2) is 9.56. The molecule has 1 fully saturated rings. The van der Waals surface area contributed by atoms with Crippen molar-refractivity contribution in [2.45, 2.75) is 18.9 Å². The van der Waals surface area contributed by atoms with E-state index in [1.807, 2.05) is 54.6 Å². The Bertz CT molecular complexity index is 1230. The Morgan fingerprint density at radius 2 is 1.76 bits per heavy atom. The fourth-order valence-corrected chi connectivity index (χ4v) is 4.90. The number of furan rings is 1. The number of nitrogens with zero attached hydrogens (tertiary/aromatic N) is 2. The van der Waals surface area contributed by atoms with Crippen molar-refractivity contribution < 1.29 is 14.0 Å². The summed E-state index contributed by atoms with van der Waals surface area (Å²) < 4.78 is 6.89. The summed E-state index contributed by atoms with van der Waals surface area (Å²) in [4.78, 5) is 31.6. The van der Waals surface area contributed by atoms with Crippen LogP contribution in [0.4, 0.5) is 5.69 Å². The lowest BCUT2D eigenvalue weighted by Crippen LogP contribution is -2.46. The summed E-state index contributed by atoms with van der Waals surface area (Å²) in [6.45, 7) is 1.85. The van der Waals surface area contributed by atoms with Crippen LogP contribution >= 0.6 is 11.3 Å². The van der Waals surface area contributed by atoms with Gasteiger partial charge in [-0.05, 0) is 49.2 Å². The van der Waals surface area contributed by atoms with Crippen LogP contribution in [0.1, 0.15) is 23.4 Å². The molecule has 1 aliphatic heterocycles. The molecule has 0 aliphatic carbocycles. The molecular formula is C25H24N4O3S. The number of rotatable bonds is 6. The Kier molecular flexibility index (Phi) is 6.19. The number of benzene rings is 2. The Morgan fingerprint density at radius 3 is 2.55 bits per heavy atom. The number of fused-ring (bicyclic) bond motifs is 1. The number of anilines is 1. The third kappa shape index (κ3) is 5.13. The molecule has 2 aromatic heterocycles. The summed E-state index contributed by atoms with van der Waals surface area (Å²) >= 11 is 1.54. The number of thiazole rings is 1. The van der Waals surface area contributed by atoms with Crippen LogP contribution in [0.15, 0.2) is 71.1 Å². The number of amides is 2. The number of hydrogen-bond donors (Lipinski definition) is 2. The zero-order valence-corrected chi connectivity index (χ0v) is 18.8. The van der Waals surface area contributed by atoms with E-state index in [9.17, 15) is 9.59 Å². The number of aromatic nitrogens is 1. The van der Waals surface area contributed by atoms with Crippen molar-refractivity contribution >= 4 is 39.1 Å². The maximum atomic E-state index is 12.7. The number of para-hydroxylation sites is 2.